The lowest BCUT2D eigenvalue weighted by Gasteiger charge is -2.12. The summed E-state index contributed by atoms with van der Waals surface area (Å²) in [4.78, 5) is 27.4. The highest BCUT2D eigenvalue weighted by Gasteiger charge is 2.16. The molecule has 6 nitrogen and oxygen atoms in total. The van der Waals surface area contributed by atoms with E-state index in [0.29, 0.717) is 5.69 Å². The van der Waals surface area contributed by atoms with Gasteiger partial charge in [-0.2, -0.15) is 0 Å². The van der Waals surface area contributed by atoms with Crippen molar-refractivity contribution in [3.8, 4) is 5.69 Å². The number of aliphatic imine (C=N–C) groups is 1. The van der Waals surface area contributed by atoms with Crippen molar-refractivity contribution in [3.63, 3.8) is 0 Å². The third-order valence-electron chi connectivity index (χ3n) is 4.59. The second kappa shape index (κ2) is 8.05. The van der Waals surface area contributed by atoms with Crippen molar-refractivity contribution in [1.29, 1.82) is 0 Å². The molecular weight excluding hydrogens is 436 g/mol. The van der Waals surface area contributed by atoms with Crippen LogP contribution in [0.2, 0.25) is 0 Å². The molecule has 148 valence electrons. The summed E-state index contributed by atoms with van der Waals surface area (Å²) in [5.41, 5.74) is 4.76. The van der Waals surface area contributed by atoms with Crippen LogP contribution < -0.4 is 0 Å². The fourth-order valence-electron chi connectivity index (χ4n) is 3.16. The number of carboxylic acids is 2. The minimum atomic E-state index is -1.18. The number of aromatic nitrogens is 1. The van der Waals surface area contributed by atoms with Crippen molar-refractivity contribution in [2.45, 2.75) is 20.8 Å². The number of hydrogen-bond donors (Lipinski definition) is 2. The van der Waals surface area contributed by atoms with Gasteiger partial charge < -0.3 is 14.8 Å². The number of rotatable bonds is 5. The lowest BCUT2D eigenvalue weighted by atomic mass is 10.1. The van der Waals surface area contributed by atoms with Crippen LogP contribution in [0.5, 0.6) is 0 Å². The van der Waals surface area contributed by atoms with Gasteiger partial charge in [0.25, 0.3) is 0 Å². The van der Waals surface area contributed by atoms with E-state index < -0.39 is 11.9 Å². The van der Waals surface area contributed by atoms with Gasteiger partial charge in [-0.05, 0) is 78.7 Å². The number of halogens is 1. The first-order valence-electron chi connectivity index (χ1n) is 8.78. The fraction of sp³-hybridized carbons (Fsp3) is 0.136. The van der Waals surface area contributed by atoms with E-state index in [4.69, 9.17) is 0 Å². The molecule has 1 aromatic heterocycles. The average Bonchev–Trinajstić information content (AvgIpc) is 2.94. The Balaban J connectivity index is 2.07. The molecular formula is C22H19BrN2O4. The van der Waals surface area contributed by atoms with Crippen LogP contribution in [-0.4, -0.2) is 32.9 Å². The fourth-order valence-corrected chi connectivity index (χ4v) is 3.75. The number of aryl methyl sites for hydroxylation is 2. The zero-order valence-corrected chi connectivity index (χ0v) is 17.7. The van der Waals surface area contributed by atoms with Crippen molar-refractivity contribution >= 4 is 39.8 Å². The molecule has 0 unspecified atom stereocenters. The number of carboxylic acid groups (broad SMARTS) is 2. The van der Waals surface area contributed by atoms with Gasteiger partial charge in [-0.15, -0.1) is 0 Å². The van der Waals surface area contributed by atoms with Crippen LogP contribution in [0.3, 0.4) is 0 Å². The molecule has 29 heavy (non-hydrogen) atoms. The van der Waals surface area contributed by atoms with E-state index in [1.165, 1.54) is 12.1 Å². The number of benzene rings is 2. The average molecular weight is 455 g/mol. The van der Waals surface area contributed by atoms with Gasteiger partial charge in [-0.25, -0.2) is 9.59 Å². The predicted molar refractivity (Wildman–Crippen MR) is 115 cm³/mol. The van der Waals surface area contributed by atoms with Crippen molar-refractivity contribution < 1.29 is 19.8 Å². The Kier molecular flexibility index (Phi) is 5.70. The maximum absolute atomic E-state index is 11.4. The molecule has 0 fully saturated rings. The van der Waals surface area contributed by atoms with Gasteiger partial charge in [0.15, 0.2) is 0 Å². The molecule has 2 N–H and O–H groups in total. The Morgan fingerprint density at radius 2 is 1.59 bits per heavy atom. The first kappa shape index (κ1) is 20.5. The van der Waals surface area contributed by atoms with E-state index in [2.05, 4.69) is 20.9 Å². The van der Waals surface area contributed by atoms with E-state index in [1.807, 2.05) is 49.6 Å². The summed E-state index contributed by atoms with van der Waals surface area (Å²) in [5, 5.41) is 18.7. The summed E-state index contributed by atoms with van der Waals surface area (Å²) in [6.07, 6.45) is 1.74. The minimum Gasteiger partial charge on any atom is -0.478 e. The molecule has 3 aromatic rings. The normalized spacial score (nSPS) is 11.2. The third-order valence-corrected chi connectivity index (χ3v) is 5.22. The van der Waals surface area contributed by atoms with Crippen LogP contribution in [0.25, 0.3) is 5.69 Å². The molecule has 0 spiro atoms. The van der Waals surface area contributed by atoms with Crippen LogP contribution in [0.1, 0.15) is 43.2 Å². The van der Waals surface area contributed by atoms with Crippen molar-refractivity contribution in [2.75, 3.05) is 0 Å². The van der Waals surface area contributed by atoms with Crippen LogP contribution in [0.15, 0.2) is 51.9 Å². The van der Waals surface area contributed by atoms with Gasteiger partial charge in [-0.1, -0.05) is 6.07 Å². The van der Waals surface area contributed by atoms with Crippen LogP contribution in [-0.2, 0) is 0 Å². The molecule has 0 saturated heterocycles. The monoisotopic (exact) mass is 454 g/mol. The first-order valence-corrected chi connectivity index (χ1v) is 9.58. The van der Waals surface area contributed by atoms with Crippen molar-refractivity contribution in [1.82, 2.24) is 4.57 Å². The third kappa shape index (κ3) is 4.30. The highest BCUT2D eigenvalue weighted by atomic mass is 79.9. The molecule has 0 aliphatic rings. The second-order valence-corrected chi connectivity index (χ2v) is 7.61. The zero-order chi connectivity index (χ0) is 21.3. The Labute approximate surface area is 176 Å². The lowest BCUT2D eigenvalue weighted by Crippen LogP contribution is -2.07. The molecule has 0 bridgehead atoms. The lowest BCUT2D eigenvalue weighted by molar-refractivity contribution is 0.0696. The van der Waals surface area contributed by atoms with Crippen molar-refractivity contribution in [3.05, 3.63) is 80.6 Å². The molecule has 0 saturated carbocycles. The number of hydrogen-bond acceptors (Lipinski definition) is 3. The molecule has 0 aliphatic carbocycles. The van der Waals surface area contributed by atoms with E-state index in [-0.39, 0.29) is 11.1 Å². The summed E-state index contributed by atoms with van der Waals surface area (Å²) < 4.78 is 2.72. The zero-order valence-electron chi connectivity index (χ0n) is 16.1. The smallest absolute Gasteiger partial charge is 0.335 e. The van der Waals surface area contributed by atoms with E-state index >= 15 is 0 Å². The minimum absolute atomic E-state index is 0.0776. The molecule has 7 heteroatoms. The number of aromatic carboxylic acids is 2. The number of carbonyl (C=O) groups is 2. The molecule has 0 radical (unpaired) electrons. The van der Waals surface area contributed by atoms with Gasteiger partial charge in [0, 0.05) is 33.3 Å². The highest BCUT2D eigenvalue weighted by molar-refractivity contribution is 9.10. The van der Waals surface area contributed by atoms with Crippen LogP contribution >= 0.6 is 15.9 Å². The first-order chi connectivity index (χ1) is 13.7. The van der Waals surface area contributed by atoms with Crippen LogP contribution in [0, 0.1) is 20.8 Å². The molecule has 1 heterocycles. The van der Waals surface area contributed by atoms with Gasteiger partial charge in [0.1, 0.15) is 0 Å². The largest absolute Gasteiger partial charge is 0.478 e. The predicted octanol–water partition coefficient (Wildman–Crippen LogP) is 5.31. The van der Waals surface area contributed by atoms with E-state index in [0.717, 1.165) is 38.7 Å². The van der Waals surface area contributed by atoms with E-state index in [1.54, 1.807) is 6.21 Å². The standard InChI is InChI=1S/C22H19BrN2O4/c1-12-4-5-20(19(23)6-12)24-11-17-7-13(2)25(14(17)3)18-9-15(21(26)27)8-16(10-18)22(28)29/h4-11H,1-3H3,(H,26,27)(H,28,29). The maximum atomic E-state index is 11.4. The SMILES string of the molecule is Cc1ccc(N=Cc2cc(C)n(-c3cc(C(=O)O)cc(C(=O)O)c3)c2C)c(Br)c1. The summed E-state index contributed by atoms with van der Waals surface area (Å²) in [5.74, 6) is -2.36. The summed E-state index contributed by atoms with van der Waals surface area (Å²) in [6, 6.07) is 11.9. The molecule has 2 aromatic carbocycles. The van der Waals surface area contributed by atoms with E-state index in [9.17, 15) is 19.8 Å². The summed E-state index contributed by atoms with van der Waals surface area (Å²) >= 11 is 3.51. The Hall–Kier alpha value is -3.19. The van der Waals surface area contributed by atoms with Crippen LogP contribution in [0.4, 0.5) is 5.69 Å². The van der Waals surface area contributed by atoms with Gasteiger partial charge in [-0.3, -0.25) is 4.99 Å². The molecule has 0 atom stereocenters. The topological polar surface area (TPSA) is 91.9 Å². The molecule has 0 amide bonds. The summed E-state index contributed by atoms with van der Waals surface area (Å²) in [6.45, 7) is 5.76. The van der Waals surface area contributed by atoms with Gasteiger partial charge in [0.2, 0.25) is 0 Å². The van der Waals surface area contributed by atoms with Crippen molar-refractivity contribution in [2.24, 2.45) is 4.99 Å². The Morgan fingerprint density at radius 1 is 0.966 bits per heavy atom. The molecule has 3 rings (SSSR count). The Bertz CT molecular complexity index is 1130. The Morgan fingerprint density at radius 3 is 2.14 bits per heavy atom. The molecule has 0 aliphatic heterocycles. The van der Waals surface area contributed by atoms with Gasteiger partial charge >= 0.3 is 11.9 Å². The number of nitrogens with zero attached hydrogens (tertiary/aromatic N) is 2. The maximum Gasteiger partial charge on any atom is 0.335 e. The second-order valence-electron chi connectivity index (χ2n) is 6.75. The van der Waals surface area contributed by atoms with Gasteiger partial charge in [0.05, 0.1) is 16.8 Å². The quantitative estimate of drug-likeness (QED) is 0.510. The highest BCUT2D eigenvalue weighted by Crippen LogP contribution is 2.27. The summed E-state index contributed by atoms with van der Waals surface area (Å²) in [7, 11) is 0.